The van der Waals surface area contributed by atoms with Gasteiger partial charge in [-0.3, -0.25) is 0 Å². The van der Waals surface area contributed by atoms with Crippen molar-refractivity contribution < 1.29 is 0 Å². The van der Waals surface area contributed by atoms with Crippen molar-refractivity contribution in [3.05, 3.63) is 59.7 Å². The molecule has 0 heterocycles. The van der Waals surface area contributed by atoms with E-state index in [4.69, 9.17) is 0 Å². The van der Waals surface area contributed by atoms with Crippen molar-refractivity contribution in [1.82, 2.24) is 0 Å². The maximum absolute atomic E-state index is 2.47. The van der Waals surface area contributed by atoms with E-state index >= 15 is 0 Å². The molecule has 0 nitrogen and oxygen atoms in total. The average Bonchev–Trinajstić information content (AvgIpc) is 2.72. The van der Waals surface area contributed by atoms with Gasteiger partial charge in [0.25, 0.3) is 0 Å². The van der Waals surface area contributed by atoms with E-state index in [-0.39, 0.29) is 5.41 Å². The summed E-state index contributed by atoms with van der Waals surface area (Å²) in [6.45, 7) is 9.52. The van der Waals surface area contributed by atoms with Crippen LogP contribution in [0.5, 0.6) is 0 Å². The lowest BCUT2D eigenvalue weighted by atomic mass is 9.70. The van der Waals surface area contributed by atoms with Crippen LogP contribution in [-0.2, 0) is 10.8 Å². The highest BCUT2D eigenvalue weighted by molar-refractivity contribution is 5.98. The van der Waals surface area contributed by atoms with E-state index in [1.807, 2.05) is 0 Å². The molecule has 4 rings (SSSR count). The Labute approximate surface area is 171 Å². The van der Waals surface area contributed by atoms with E-state index in [1.54, 1.807) is 0 Å². The zero-order chi connectivity index (χ0) is 19.8. The Balaban J connectivity index is 1.77. The number of hydrogen-bond acceptors (Lipinski definition) is 0. The van der Waals surface area contributed by atoms with Crippen LogP contribution in [-0.4, -0.2) is 0 Å². The van der Waals surface area contributed by atoms with Gasteiger partial charge >= 0.3 is 0 Å². The molecule has 3 aromatic rings. The molecule has 3 aromatic carbocycles. The molecule has 0 N–H and O–H groups in total. The molecule has 0 bridgehead atoms. The predicted octanol–water partition coefficient (Wildman–Crippen LogP) is 8.68. The Morgan fingerprint density at radius 3 is 2.07 bits per heavy atom. The summed E-state index contributed by atoms with van der Waals surface area (Å²) in [6.07, 6.45) is 10.5. The standard InChI is InChI=1S/C28H36/c1-5-14-27(3,6-2)25-12-10-21-18-24-20-26(28(4)15-8-7-9-16-28)13-11-22(24)17-23(21)19-25/h10-13,17-20H,5-9,14-16H2,1-4H3. The molecular weight excluding hydrogens is 336 g/mol. The molecule has 0 aliphatic heterocycles. The second-order valence-electron chi connectivity index (χ2n) is 9.76. The molecule has 0 saturated heterocycles. The van der Waals surface area contributed by atoms with E-state index in [2.05, 4.69) is 76.2 Å². The quantitative estimate of drug-likeness (QED) is 0.393. The molecule has 0 heteroatoms. The van der Waals surface area contributed by atoms with Gasteiger partial charge in [0.15, 0.2) is 0 Å². The first kappa shape index (κ1) is 19.5. The van der Waals surface area contributed by atoms with Gasteiger partial charge in [0.2, 0.25) is 0 Å². The third kappa shape index (κ3) is 3.47. The molecule has 1 aliphatic carbocycles. The molecule has 0 amide bonds. The highest BCUT2D eigenvalue weighted by atomic mass is 14.3. The van der Waals surface area contributed by atoms with Crippen LogP contribution in [0, 0.1) is 0 Å². The predicted molar refractivity (Wildman–Crippen MR) is 124 cm³/mol. The summed E-state index contributed by atoms with van der Waals surface area (Å²) >= 11 is 0. The number of rotatable bonds is 5. The van der Waals surface area contributed by atoms with Gasteiger partial charge in [0.05, 0.1) is 0 Å². The van der Waals surface area contributed by atoms with Crippen LogP contribution in [0.25, 0.3) is 21.5 Å². The molecule has 0 aromatic heterocycles. The minimum Gasteiger partial charge on any atom is -0.0654 e. The van der Waals surface area contributed by atoms with Gasteiger partial charge in [0.1, 0.15) is 0 Å². The molecule has 1 atom stereocenters. The van der Waals surface area contributed by atoms with Crippen LogP contribution in [0.15, 0.2) is 48.5 Å². The van der Waals surface area contributed by atoms with Gasteiger partial charge in [-0.15, -0.1) is 0 Å². The second kappa shape index (κ2) is 7.54. The summed E-state index contributed by atoms with van der Waals surface area (Å²) in [4.78, 5) is 0. The maximum atomic E-state index is 2.47. The molecule has 1 aliphatic rings. The summed E-state index contributed by atoms with van der Waals surface area (Å²) in [5.41, 5.74) is 3.69. The fourth-order valence-electron chi connectivity index (χ4n) is 5.45. The number of benzene rings is 3. The van der Waals surface area contributed by atoms with Crippen LogP contribution >= 0.6 is 0 Å². The van der Waals surface area contributed by atoms with Crippen LogP contribution < -0.4 is 0 Å². The zero-order valence-corrected chi connectivity index (χ0v) is 18.3. The summed E-state index contributed by atoms with van der Waals surface area (Å²) in [5.74, 6) is 0. The SMILES string of the molecule is CCCC(C)(CC)c1ccc2cc3cc(C4(C)CCCCC4)ccc3cc2c1. The molecular formula is C28H36. The maximum Gasteiger partial charge on any atom is -0.00750 e. The van der Waals surface area contributed by atoms with Crippen LogP contribution in [0.1, 0.15) is 90.2 Å². The molecule has 1 fully saturated rings. The van der Waals surface area contributed by atoms with E-state index in [0.29, 0.717) is 5.41 Å². The normalized spacial score (nSPS) is 19.0. The van der Waals surface area contributed by atoms with Crippen molar-refractivity contribution in [2.24, 2.45) is 0 Å². The Morgan fingerprint density at radius 2 is 1.43 bits per heavy atom. The van der Waals surface area contributed by atoms with Gasteiger partial charge in [-0.2, -0.15) is 0 Å². The van der Waals surface area contributed by atoms with Crippen molar-refractivity contribution in [2.45, 2.75) is 89.9 Å². The van der Waals surface area contributed by atoms with E-state index in [0.717, 1.165) is 0 Å². The minimum absolute atomic E-state index is 0.289. The van der Waals surface area contributed by atoms with Crippen molar-refractivity contribution in [3.63, 3.8) is 0 Å². The lowest BCUT2D eigenvalue weighted by Gasteiger charge is -2.34. The lowest BCUT2D eigenvalue weighted by Crippen LogP contribution is -2.24. The van der Waals surface area contributed by atoms with Crippen molar-refractivity contribution in [2.75, 3.05) is 0 Å². The Morgan fingerprint density at radius 1 is 0.786 bits per heavy atom. The largest absolute Gasteiger partial charge is 0.0654 e. The first-order valence-electron chi connectivity index (χ1n) is 11.5. The first-order chi connectivity index (χ1) is 13.5. The summed E-state index contributed by atoms with van der Waals surface area (Å²) in [6, 6.07) is 19.2. The zero-order valence-electron chi connectivity index (χ0n) is 18.3. The minimum atomic E-state index is 0.289. The van der Waals surface area contributed by atoms with Crippen molar-refractivity contribution in [3.8, 4) is 0 Å². The van der Waals surface area contributed by atoms with Crippen molar-refractivity contribution >= 4 is 21.5 Å². The van der Waals surface area contributed by atoms with Gasteiger partial charge < -0.3 is 0 Å². The molecule has 1 saturated carbocycles. The first-order valence-corrected chi connectivity index (χ1v) is 11.5. The van der Waals surface area contributed by atoms with Gasteiger partial charge in [-0.05, 0) is 81.3 Å². The van der Waals surface area contributed by atoms with Crippen LogP contribution in [0.2, 0.25) is 0 Å². The third-order valence-electron chi connectivity index (χ3n) is 7.73. The van der Waals surface area contributed by atoms with E-state index in [1.165, 1.54) is 84.0 Å². The highest BCUT2D eigenvalue weighted by Gasteiger charge is 2.28. The van der Waals surface area contributed by atoms with Crippen molar-refractivity contribution in [1.29, 1.82) is 0 Å². The van der Waals surface area contributed by atoms with Gasteiger partial charge in [-0.25, -0.2) is 0 Å². The van der Waals surface area contributed by atoms with E-state index in [9.17, 15) is 0 Å². The Hall–Kier alpha value is -1.82. The number of hydrogen-bond donors (Lipinski definition) is 0. The monoisotopic (exact) mass is 372 g/mol. The summed E-state index contributed by atoms with van der Waals surface area (Å²) in [7, 11) is 0. The average molecular weight is 373 g/mol. The Kier molecular flexibility index (Phi) is 5.25. The summed E-state index contributed by atoms with van der Waals surface area (Å²) in [5, 5.41) is 5.53. The van der Waals surface area contributed by atoms with Crippen LogP contribution in [0.4, 0.5) is 0 Å². The molecule has 28 heavy (non-hydrogen) atoms. The van der Waals surface area contributed by atoms with Crippen LogP contribution in [0.3, 0.4) is 0 Å². The highest BCUT2D eigenvalue weighted by Crippen LogP contribution is 2.40. The molecule has 148 valence electrons. The van der Waals surface area contributed by atoms with Gasteiger partial charge in [0, 0.05) is 0 Å². The topological polar surface area (TPSA) is 0 Å². The Bertz CT molecular complexity index is 905. The summed E-state index contributed by atoms with van der Waals surface area (Å²) < 4.78 is 0. The smallest absolute Gasteiger partial charge is 0.00750 e. The lowest BCUT2D eigenvalue weighted by molar-refractivity contribution is 0.320. The molecule has 0 radical (unpaired) electrons. The fourth-order valence-corrected chi connectivity index (χ4v) is 5.45. The van der Waals surface area contributed by atoms with E-state index < -0.39 is 0 Å². The third-order valence-corrected chi connectivity index (χ3v) is 7.73. The second-order valence-corrected chi connectivity index (χ2v) is 9.76. The fraction of sp³-hybridized carbons (Fsp3) is 0.500. The van der Waals surface area contributed by atoms with Gasteiger partial charge in [-0.1, -0.05) is 89.8 Å². The molecule has 0 spiro atoms. The number of fused-ring (bicyclic) bond motifs is 2. The molecule has 1 unspecified atom stereocenters.